The smallest absolute Gasteiger partial charge is 0.387 e. The van der Waals surface area contributed by atoms with Crippen LogP contribution in [0.1, 0.15) is 5.56 Å². The lowest BCUT2D eigenvalue weighted by Gasteiger charge is -2.13. The Labute approximate surface area is 129 Å². The Morgan fingerprint density at radius 1 is 1.05 bits per heavy atom. The summed E-state index contributed by atoms with van der Waals surface area (Å²) in [7, 11) is 0. The Balaban J connectivity index is 2.18. The van der Waals surface area contributed by atoms with Gasteiger partial charge in [-0.15, -0.1) is 0 Å². The fourth-order valence-corrected chi connectivity index (χ4v) is 2.09. The van der Waals surface area contributed by atoms with E-state index in [1.807, 2.05) is 0 Å². The standard InChI is InChI=1S/C14H10Cl2F3NO/c15-9-2-4-13(21-14(18)19)8(5-9)7-20-12-6-10(16)1-3-11(12)17/h1-6,14,20H,7H2. The number of anilines is 1. The molecule has 0 aliphatic carbocycles. The number of hydrogen-bond acceptors (Lipinski definition) is 2. The van der Waals surface area contributed by atoms with Crippen LogP contribution >= 0.6 is 23.2 Å². The van der Waals surface area contributed by atoms with E-state index in [2.05, 4.69) is 10.1 Å². The summed E-state index contributed by atoms with van der Waals surface area (Å²) in [4.78, 5) is 0. The van der Waals surface area contributed by atoms with Crippen LogP contribution in [0.2, 0.25) is 10.0 Å². The first-order valence-electron chi connectivity index (χ1n) is 5.88. The summed E-state index contributed by atoms with van der Waals surface area (Å²) in [6.07, 6.45) is 0. The van der Waals surface area contributed by atoms with Gasteiger partial charge in [0.15, 0.2) is 0 Å². The van der Waals surface area contributed by atoms with Crippen LogP contribution in [0.3, 0.4) is 0 Å². The molecule has 0 aromatic heterocycles. The Bertz CT molecular complexity index is 638. The first-order valence-corrected chi connectivity index (χ1v) is 6.63. The van der Waals surface area contributed by atoms with E-state index < -0.39 is 12.4 Å². The SMILES string of the molecule is Fc1ccc(Cl)cc1NCc1cc(Cl)ccc1OC(F)F. The molecule has 0 spiro atoms. The van der Waals surface area contributed by atoms with Crippen molar-refractivity contribution in [1.82, 2.24) is 0 Å². The zero-order chi connectivity index (χ0) is 15.4. The summed E-state index contributed by atoms with van der Waals surface area (Å²) >= 11 is 11.6. The van der Waals surface area contributed by atoms with E-state index in [-0.39, 0.29) is 18.0 Å². The predicted octanol–water partition coefficient (Wildman–Crippen LogP) is 5.35. The normalized spacial score (nSPS) is 10.8. The molecule has 2 rings (SSSR count). The van der Waals surface area contributed by atoms with E-state index in [1.54, 1.807) is 0 Å². The van der Waals surface area contributed by atoms with Crippen molar-refractivity contribution in [2.45, 2.75) is 13.2 Å². The van der Waals surface area contributed by atoms with Crippen molar-refractivity contribution in [3.05, 3.63) is 57.8 Å². The van der Waals surface area contributed by atoms with Gasteiger partial charge in [0.1, 0.15) is 11.6 Å². The number of nitrogens with one attached hydrogen (secondary N) is 1. The zero-order valence-electron chi connectivity index (χ0n) is 10.5. The summed E-state index contributed by atoms with van der Waals surface area (Å²) < 4.78 is 42.6. The minimum absolute atomic E-state index is 0.0238. The van der Waals surface area contributed by atoms with E-state index in [0.717, 1.165) is 0 Å². The van der Waals surface area contributed by atoms with Gasteiger partial charge in [0.2, 0.25) is 0 Å². The van der Waals surface area contributed by atoms with Gasteiger partial charge in [0.25, 0.3) is 0 Å². The number of alkyl halides is 2. The fourth-order valence-electron chi connectivity index (χ4n) is 1.72. The van der Waals surface area contributed by atoms with Gasteiger partial charge in [-0.25, -0.2) is 4.39 Å². The van der Waals surface area contributed by atoms with Crippen LogP contribution in [-0.2, 0) is 6.54 Å². The predicted molar refractivity (Wildman–Crippen MR) is 76.8 cm³/mol. The van der Waals surface area contributed by atoms with E-state index in [1.165, 1.54) is 36.4 Å². The summed E-state index contributed by atoms with van der Waals surface area (Å²) in [5, 5.41) is 3.48. The molecule has 0 saturated heterocycles. The minimum atomic E-state index is -2.95. The Kier molecular flexibility index (Phi) is 5.20. The van der Waals surface area contributed by atoms with Gasteiger partial charge in [-0.2, -0.15) is 8.78 Å². The van der Waals surface area contributed by atoms with Gasteiger partial charge in [-0.05, 0) is 36.4 Å². The molecule has 0 radical (unpaired) electrons. The molecule has 0 unspecified atom stereocenters. The largest absolute Gasteiger partial charge is 0.434 e. The van der Waals surface area contributed by atoms with Crippen LogP contribution in [0.25, 0.3) is 0 Å². The molecule has 2 aromatic rings. The van der Waals surface area contributed by atoms with Crippen molar-refractivity contribution in [3.8, 4) is 5.75 Å². The van der Waals surface area contributed by atoms with E-state index >= 15 is 0 Å². The Morgan fingerprint density at radius 2 is 1.71 bits per heavy atom. The van der Waals surface area contributed by atoms with Crippen LogP contribution in [0.5, 0.6) is 5.75 Å². The van der Waals surface area contributed by atoms with Gasteiger partial charge >= 0.3 is 6.61 Å². The van der Waals surface area contributed by atoms with Gasteiger partial charge in [0, 0.05) is 22.2 Å². The maximum Gasteiger partial charge on any atom is 0.387 e. The zero-order valence-corrected chi connectivity index (χ0v) is 12.1. The lowest BCUT2D eigenvalue weighted by molar-refractivity contribution is -0.0504. The summed E-state index contributed by atoms with van der Waals surface area (Å²) in [6.45, 7) is -2.90. The molecule has 0 heterocycles. The van der Waals surface area contributed by atoms with Gasteiger partial charge in [-0.3, -0.25) is 0 Å². The molecule has 21 heavy (non-hydrogen) atoms. The third-order valence-corrected chi connectivity index (χ3v) is 3.11. The average Bonchev–Trinajstić information content (AvgIpc) is 2.42. The van der Waals surface area contributed by atoms with Gasteiger partial charge < -0.3 is 10.1 Å². The molecule has 0 amide bonds. The second-order valence-electron chi connectivity index (χ2n) is 4.11. The van der Waals surface area contributed by atoms with Crippen LogP contribution in [0.15, 0.2) is 36.4 Å². The van der Waals surface area contributed by atoms with Crippen molar-refractivity contribution < 1.29 is 17.9 Å². The highest BCUT2D eigenvalue weighted by Crippen LogP contribution is 2.26. The van der Waals surface area contributed by atoms with E-state index in [4.69, 9.17) is 23.2 Å². The van der Waals surface area contributed by atoms with Crippen molar-refractivity contribution in [3.63, 3.8) is 0 Å². The van der Waals surface area contributed by atoms with Crippen molar-refractivity contribution >= 4 is 28.9 Å². The lowest BCUT2D eigenvalue weighted by Crippen LogP contribution is -2.08. The molecule has 0 saturated carbocycles. The number of hydrogen-bond donors (Lipinski definition) is 1. The molecule has 1 N–H and O–H groups in total. The van der Waals surface area contributed by atoms with E-state index in [9.17, 15) is 13.2 Å². The van der Waals surface area contributed by atoms with Crippen LogP contribution in [0, 0.1) is 5.82 Å². The summed E-state index contributed by atoms with van der Waals surface area (Å²) in [5.74, 6) is -0.526. The van der Waals surface area contributed by atoms with E-state index in [0.29, 0.717) is 15.6 Å². The first-order chi connectivity index (χ1) is 9.95. The molecule has 7 heteroatoms. The molecular formula is C14H10Cl2F3NO. The third-order valence-electron chi connectivity index (χ3n) is 2.64. The van der Waals surface area contributed by atoms with Gasteiger partial charge in [-0.1, -0.05) is 23.2 Å². The number of benzene rings is 2. The maximum absolute atomic E-state index is 13.6. The molecule has 2 nitrogen and oxygen atoms in total. The number of halogens is 5. The molecule has 2 aromatic carbocycles. The molecule has 112 valence electrons. The highest BCUT2D eigenvalue weighted by atomic mass is 35.5. The molecule has 0 bridgehead atoms. The molecule has 0 aliphatic rings. The van der Waals surface area contributed by atoms with Crippen molar-refractivity contribution in [2.75, 3.05) is 5.32 Å². The Hall–Kier alpha value is -1.59. The monoisotopic (exact) mass is 335 g/mol. The number of rotatable bonds is 5. The highest BCUT2D eigenvalue weighted by molar-refractivity contribution is 6.31. The van der Waals surface area contributed by atoms with Crippen LogP contribution in [-0.4, -0.2) is 6.61 Å². The molecule has 0 fully saturated rings. The Morgan fingerprint density at radius 3 is 2.43 bits per heavy atom. The third kappa shape index (κ3) is 4.44. The van der Waals surface area contributed by atoms with Crippen molar-refractivity contribution in [2.24, 2.45) is 0 Å². The topological polar surface area (TPSA) is 21.3 Å². The maximum atomic E-state index is 13.6. The second kappa shape index (κ2) is 6.91. The van der Waals surface area contributed by atoms with Crippen LogP contribution in [0.4, 0.5) is 18.9 Å². The second-order valence-corrected chi connectivity index (χ2v) is 4.98. The molecular weight excluding hydrogens is 326 g/mol. The number of ether oxygens (including phenoxy) is 1. The lowest BCUT2D eigenvalue weighted by atomic mass is 10.2. The van der Waals surface area contributed by atoms with Crippen molar-refractivity contribution in [1.29, 1.82) is 0 Å². The summed E-state index contributed by atoms with van der Waals surface area (Å²) in [6, 6.07) is 8.25. The highest BCUT2D eigenvalue weighted by Gasteiger charge is 2.11. The molecule has 0 atom stereocenters. The first kappa shape index (κ1) is 15.8. The minimum Gasteiger partial charge on any atom is -0.434 e. The quantitative estimate of drug-likeness (QED) is 0.795. The molecule has 0 aliphatic heterocycles. The van der Waals surface area contributed by atoms with Gasteiger partial charge in [0.05, 0.1) is 5.69 Å². The average molecular weight is 336 g/mol. The van der Waals surface area contributed by atoms with Crippen LogP contribution < -0.4 is 10.1 Å². The summed E-state index contributed by atoms with van der Waals surface area (Å²) in [5.41, 5.74) is 0.535. The fraction of sp³-hybridized carbons (Fsp3) is 0.143.